The maximum absolute atomic E-state index is 5.58. The van der Waals surface area contributed by atoms with Crippen LogP contribution in [-0.4, -0.2) is 26.4 Å². The summed E-state index contributed by atoms with van der Waals surface area (Å²) >= 11 is 0. The van der Waals surface area contributed by atoms with Gasteiger partial charge in [0.15, 0.2) is 0 Å². The highest BCUT2D eigenvalue weighted by Gasteiger charge is 2.33. The zero-order valence-corrected chi connectivity index (χ0v) is 10.7. The van der Waals surface area contributed by atoms with Gasteiger partial charge in [0.05, 0.1) is 13.2 Å². The van der Waals surface area contributed by atoms with Gasteiger partial charge in [0.1, 0.15) is 0 Å². The smallest absolute Gasteiger partial charge is 0.0549 e. The van der Waals surface area contributed by atoms with Gasteiger partial charge in [0.25, 0.3) is 0 Å². The van der Waals surface area contributed by atoms with Crippen molar-refractivity contribution in [2.24, 2.45) is 11.3 Å². The van der Waals surface area contributed by atoms with Crippen LogP contribution in [0.4, 0.5) is 0 Å². The Bertz CT molecular complexity index is 156. The fourth-order valence-corrected chi connectivity index (χ4v) is 1.63. The number of hydrogen-bond acceptors (Lipinski definition) is 2. The van der Waals surface area contributed by atoms with Gasteiger partial charge in [-0.05, 0) is 26.2 Å². The van der Waals surface area contributed by atoms with Crippen LogP contribution in [0.25, 0.3) is 0 Å². The van der Waals surface area contributed by atoms with Crippen molar-refractivity contribution < 1.29 is 9.47 Å². The number of ether oxygens (including phenoxy) is 2. The van der Waals surface area contributed by atoms with E-state index in [1.165, 1.54) is 0 Å². The number of allylic oxidation sites excluding steroid dienone is 1. The Morgan fingerprint density at radius 3 is 1.87 bits per heavy atom. The predicted molar refractivity (Wildman–Crippen MR) is 65.1 cm³/mol. The van der Waals surface area contributed by atoms with Crippen molar-refractivity contribution in [1.82, 2.24) is 0 Å². The highest BCUT2D eigenvalue weighted by Crippen LogP contribution is 2.33. The molecule has 2 heteroatoms. The fraction of sp³-hybridized carbons (Fsp3) is 0.846. The molecule has 15 heavy (non-hydrogen) atoms. The van der Waals surface area contributed by atoms with Crippen LogP contribution in [-0.2, 0) is 9.47 Å². The summed E-state index contributed by atoms with van der Waals surface area (Å²) in [6, 6.07) is 0. The lowest BCUT2D eigenvalue weighted by Crippen LogP contribution is -2.37. The first kappa shape index (κ1) is 14.7. The molecule has 0 atom stereocenters. The van der Waals surface area contributed by atoms with Crippen molar-refractivity contribution >= 4 is 0 Å². The summed E-state index contributed by atoms with van der Waals surface area (Å²) in [6.45, 7) is 15.4. The summed E-state index contributed by atoms with van der Waals surface area (Å²) in [5.41, 5.74) is 0.0910. The van der Waals surface area contributed by atoms with Crippen LogP contribution in [0.5, 0.6) is 0 Å². The van der Waals surface area contributed by atoms with Gasteiger partial charge in [-0.2, -0.15) is 0 Å². The summed E-state index contributed by atoms with van der Waals surface area (Å²) in [5, 5.41) is 0. The van der Waals surface area contributed by atoms with Crippen molar-refractivity contribution in [2.75, 3.05) is 26.4 Å². The first-order chi connectivity index (χ1) is 7.13. The van der Waals surface area contributed by atoms with E-state index < -0.39 is 0 Å². The molecule has 0 saturated carbocycles. The van der Waals surface area contributed by atoms with Gasteiger partial charge < -0.3 is 9.47 Å². The van der Waals surface area contributed by atoms with E-state index in [0.29, 0.717) is 5.92 Å². The molecule has 0 spiro atoms. The average Bonchev–Trinajstić information content (AvgIpc) is 2.22. The van der Waals surface area contributed by atoms with Crippen molar-refractivity contribution in [1.29, 1.82) is 0 Å². The lowest BCUT2D eigenvalue weighted by Gasteiger charge is -2.36. The summed E-state index contributed by atoms with van der Waals surface area (Å²) in [4.78, 5) is 0. The lowest BCUT2D eigenvalue weighted by molar-refractivity contribution is -0.0413. The second-order valence-electron chi connectivity index (χ2n) is 4.28. The summed E-state index contributed by atoms with van der Waals surface area (Å²) in [6.07, 6.45) is 2.92. The summed E-state index contributed by atoms with van der Waals surface area (Å²) in [5.74, 6) is 0.536. The SMILES string of the molecule is C=CCC(COCC)(COCC)C(C)C. The Morgan fingerprint density at radius 1 is 1.13 bits per heavy atom. The van der Waals surface area contributed by atoms with Crippen LogP contribution >= 0.6 is 0 Å². The molecule has 90 valence electrons. The molecule has 0 heterocycles. The zero-order chi connectivity index (χ0) is 11.7. The number of hydrogen-bond donors (Lipinski definition) is 0. The summed E-state index contributed by atoms with van der Waals surface area (Å²) < 4.78 is 11.2. The Kier molecular flexibility index (Phi) is 7.71. The van der Waals surface area contributed by atoms with Gasteiger partial charge in [0.2, 0.25) is 0 Å². The van der Waals surface area contributed by atoms with Crippen molar-refractivity contribution in [3.63, 3.8) is 0 Å². The molecule has 0 aliphatic carbocycles. The highest BCUT2D eigenvalue weighted by molar-refractivity contribution is 4.89. The van der Waals surface area contributed by atoms with E-state index in [4.69, 9.17) is 9.47 Å². The average molecular weight is 214 g/mol. The van der Waals surface area contributed by atoms with Crippen LogP contribution in [0.15, 0.2) is 12.7 Å². The topological polar surface area (TPSA) is 18.5 Å². The van der Waals surface area contributed by atoms with E-state index in [0.717, 1.165) is 32.8 Å². The molecule has 0 fully saturated rings. The molecule has 0 amide bonds. The van der Waals surface area contributed by atoms with Crippen LogP contribution in [0.1, 0.15) is 34.1 Å². The van der Waals surface area contributed by atoms with Gasteiger partial charge in [-0.25, -0.2) is 0 Å². The van der Waals surface area contributed by atoms with Crippen molar-refractivity contribution in [3.05, 3.63) is 12.7 Å². The molecule has 0 saturated heterocycles. The maximum atomic E-state index is 5.58. The number of rotatable bonds is 9. The lowest BCUT2D eigenvalue weighted by atomic mass is 9.76. The maximum Gasteiger partial charge on any atom is 0.0549 e. The molecular formula is C13H26O2. The van der Waals surface area contributed by atoms with Gasteiger partial charge in [-0.1, -0.05) is 19.9 Å². The van der Waals surface area contributed by atoms with E-state index in [1.807, 2.05) is 19.9 Å². The Morgan fingerprint density at radius 2 is 1.60 bits per heavy atom. The molecular weight excluding hydrogens is 188 g/mol. The van der Waals surface area contributed by atoms with Gasteiger partial charge in [-0.15, -0.1) is 6.58 Å². The van der Waals surface area contributed by atoms with Crippen LogP contribution < -0.4 is 0 Å². The van der Waals surface area contributed by atoms with Crippen LogP contribution in [0.2, 0.25) is 0 Å². The molecule has 0 aromatic heterocycles. The van der Waals surface area contributed by atoms with E-state index in [9.17, 15) is 0 Å². The minimum atomic E-state index is 0.0910. The zero-order valence-electron chi connectivity index (χ0n) is 10.7. The fourth-order valence-electron chi connectivity index (χ4n) is 1.63. The third-order valence-electron chi connectivity index (χ3n) is 2.96. The molecule has 0 rings (SSSR count). The first-order valence-corrected chi connectivity index (χ1v) is 5.89. The van der Waals surface area contributed by atoms with E-state index in [1.54, 1.807) is 0 Å². The largest absolute Gasteiger partial charge is 0.381 e. The van der Waals surface area contributed by atoms with E-state index in [-0.39, 0.29) is 5.41 Å². The van der Waals surface area contributed by atoms with E-state index >= 15 is 0 Å². The van der Waals surface area contributed by atoms with Gasteiger partial charge in [-0.3, -0.25) is 0 Å². The second-order valence-corrected chi connectivity index (χ2v) is 4.28. The minimum absolute atomic E-state index is 0.0910. The Hall–Kier alpha value is -0.340. The van der Waals surface area contributed by atoms with Crippen LogP contribution in [0.3, 0.4) is 0 Å². The molecule has 0 aromatic rings. The molecule has 0 aliphatic rings. The third kappa shape index (κ3) is 4.80. The Labute approximate surface area is 94.7 Å². The Balaban J connectivity index is 4.48. The van der Waals surface area contributed by atoms with Gasteiger partial charge in [0, 0.05) is 18.6 Å². The molecule has 0 bridgehead atoms. The normalized spacial score (nSPS) is 12.1. The van der Waals surface area contributed by atoms with Gasteiger partial charge >= 0.3 is 0 Å². The van der Waals surface area contributed by atoms with E-state index in [2.05, 4.69) is 20.4 Å². The summed E-state index contributed by atoms with van der Waals surface area (Å²) in [7, 11) is 0. The molecule has 0 radical (unpaired) electrons. The van der Waals surface area contributed by atoms with Crippen LogP contribution in [0, 0.1) is 11.3 Å². The molecule has 0 aliphatic heterocycles. The predicted octanol–water partition coefficient (Wildman–Crippen LogP) is 3.28. The minimum Gasteiger partial charge on any atom is -0.381 e. The van der Waals surface area contributed by atoms with Crippen molar-refractivity contribution in [3.8, 4) is 0 Å². The first-order valence-electron chi connectivity index (χ1n) is 5.89. The molecule has 2 nitrogen and oxygen atoms in total. The molecule has 0 aromatic carbocycles. The second kappa shape index (κ2) is 7.89. The van der Waals surface area contributed by atoms with Crippen molar-refractivity contribution in [2.45, 2.75) is 34.1 Å². The molecule has 0 unspecified atom stereocenters. The molecule has 0 N–H and O–H groups in total. The highest BCUT2D eigenvalue weighted by atomic mass is 16.5. The standard InChI is InChI=1S/C13H26O2/c1-6-9-13(12(4)5,10-14-7-2)11-15-8-3/h6,12H,1,7-11H2,2-5H3. The quantitative estimate of drug-likeness (QED) is 0.548. The third-order valence-corrected chi connectivity index (χ3v) is 2.96. The monoisotopic (exact) mass is 214 g/mol.